The lowest BCUT2D eigenvalue weighted by molar-refractivity contribution is 1.14. The first-order valence-corrected chi connectivity index (χ1v) is 8.19. The minimum absolute atomic E-state index is 0.622. The molecule has 0 aliphatic rings. The Morgan fingerprint density at radius 2 is 1.68 bits per heavy atom. The lowest BCUT2D eigenvalue weighted by Crippen LogP contribution is -1.91. The summed E-state index contributed by atoms with van der Waals surface area (Å²) in [6.07, 6.45) is 7.10. The highest BCUT2D eigenvalue weighted by molar-refractivity contribution is 7.22. The van der Waals surface area contributed by atoms with Crippen molar-refractivity contribution in [2.75, 3.05) is 0 Å². The molecule has 0 atom stereocenters. The molecule has 5 nitrogen and oxygen atoms in total. The zero-order valence-electron chi connectivity index (χ0n) is 11.2. The predicted molar refractivity (Wildman–Crippen MR) is 87.5 cm³/mol. The average molecular weight is 323 g/mol. The summed E-state index contributed by atoms with van der Waals surface area (Å²) >= 11 is 3.18. The van der Waals surface area contributed by atoms with Gasteiger partial charge >= 0.3 is 0 Å². The lowest BCUT2D eigenvalue weighted by atomic mass is 10.2. The molecule has 7 heteroatoms. The van der Waals surface area contributed by atoms with E-state index in [-0.39, 0.29) is 0 Å². The van der Waals surface area contributed by atoms with E-state index in [4.69, 9.17) is 0 Å². The van der Waals surface area contributed by atoms with Crippen LogP contribution in [-0.2, 0) is 0 Å². The quantitative estimate of drug-likeness (QED) is 0.574. The summed E-state index contributed by atoms with van der Waals surface area (Å²) in [5.41, 5.74) is 3.44. The van der Waals surface area contributed by atoms with Crippen molar-refractivity contribution in [3.05, 3.63) is 54.6 Å². The highest BCUT2D eigenvalue weighted by Crippen LogP contribution is 2.33. The second-order valence-corrected chi connectivity index (χ2v) is 6.29. The van der Waals surface area contributed by atoms with Gasteiger partial charge in [0.25, 0.3) is 0 Å². The van der Waals surface area contributed by atoms with Crippen LogP contribution in [0.4, 0.5) is 0 Å². The van der Waals surface area contributed by atoms with Crippen LogP contribution < -0.4 is 0 Å². The van der Waals surface area contributed by atoms with Crippen LogP contribution in [0.1, 0.15) is 0 Å². The van der Waals surface area contributed by atoms with Gasteiger partial charge in [-0.15, -0.1) is 22.7 Å². The number of thiazole rings is 2. The zero-order valence-corrected chi connectivity index (χ0v) is 12.9. The van der Waals surface area contributed by atoms with E-state index in [9.17, 15) is 0 Å². The van der Waals surface area contributed by atoms with Crippen LogP contribution in [-0.4, -0.2) is 24.9 Å². The Hall–Kier alpha value is -2.51. The van der Waals surface area contributed by atoms with Crippen molar-refractivity contribution in [2.45, 2.75) is 0 Å². The normalized spacial score (nSPS) is 10.7. The van der Waals surface area contributed by atoms with Crippen molar-refractivity contribution < 1.29 is 0 Å². The molecule has 0 aliphatic heterocycles. The standard InChI is InChI=1S/C15H9N5S2/c1-3-10(20-11(4-1)14-17-5-2-6-18-14)12-8-19-15(22-12)13-7-16-9-21-13/h1-9H. The smallest absolute Gasteiger partial charge is 0.178 e. The molecule has 0 aliphatic carbocycles. The van der Waals surface area contributed by atoms with Crippen LogP contribution in [0.2, 0.25) is 0 Å². The van der Waals surface area contributed by atoms with E-state index in [0.29, 0.717) is 5.82 Å². The predicted octanol–water partition coefficient (Wildman–Crippen LogP) is 3.79. The zero-order chi connectivity index (χ0) is 14.8. The van der Waals surface area contributed by atoms with Crippen LogP contribution in [0.3, 0.4) is 0 Å². The Bertz CT molecular complexity index is 887. The third-order valence-corrected chi connectivity index (χ3v) is 4.91. The van der Waals surface area contributed by atoms with Gasteiger partial charge in [-0.3, -0.25) is 4.98 Å². The van der Waals surface area contributed by atoms with Crippen LogP contribution >= 0.6 is 22.7 Å². The second-order valence-electron chi connectivity index (χ2n) is 4.38. The summed E-state index contributed by atoms with van der Waals surface area (Å²) in [4.78, 5) is 23.7. The molecular formula is C15H9N5S2. The summed E-state index contributed by atoms with van der Waals surface area (Å²) < 4.78 is 0. The average Bonchev–Trinajstić information content (AvgIpc) is 3.27. The maximum absolute atomic E-state index is 4.64. The van der Waals surface area contributed by atoms with Crippen LogP contribution in [0, 0.1) is 0 Å². The maximum Gasteiger partial charge on any atom is 0.178 e. The number of hydrogen-bond donors (Lipinski definition) is 0. The van der Waals surface area contributed by atoms with Gasteiger partial charge < -0.3 is 0 Å². The van der Waals surface area contributed by atoms with E-state index in [1.165, 1.54) is 0 Å². The molecular weight excluding hydrogens is 314 g/mol. The van der Waals surface area contributed by atoms with Crippen LogP contribution in [0.25, 0.3) is 32.0 Å². The molecule has 106 valence electrons. The first kappa shape index (κ1) is 13.2. The Labute approximate surface area is 134 Å². The van der Waals surface area contributed by atoms with Gasteiger partial charge in [-0.05, 0) is 18.2 Å². The first-order valence-electron chi connectivity index (χ1n) is 6.50. The summed E-state index contributed by atoms with van der Waals surface area (Å²) in [5.74, 6) is 0.622. The highest BCUT2D eigenvalue weighted by atomic mass is 32.1. The molecule has 4 heterocycles. The van der Waals surface area contributed by atoms with Gasteiger partial charge in [0.05, 0.1) is 21.0 Å². The monoisotopic (exact) mass is 323 g/mol. The van der Waals surface area contributed by atoms with Gasteiger partial charge in [-0.1, -0.05) is 6.07 Å². The van der Waals surface area contributed by atoms with Gasteiger partial charge in [-0.25, -0.2) is 19.9 Å². The van der Waals surface area contributed by atoms with Gasteiger partial charge in [0.15, 0.2) is 5.82 Å². The largest absolute Gasteiger partial charge is 0.252 e. The maximum atomic E-state index is 4.64. The lowest BCUT2D eigenvalue weighted by Gasteiger charge is -2.01. The Kier molecular flexibility index (Phi) is 3.42. The molecule has 0 unspecified atom stereocenters. The van der Waals surface area contributed by atoms with Gasteiger partial charge in [0.2, 0.25) is 0 Å². The highest BCUT2D eigenvalue weighted by Gasteiger charge is 2.10. The molecule has 22 heavy (non-hydrogen) atoms. The molecule has 0 amide bonds. The molecule has 4 aromatic rings. The SMILES string of the molecule is c1cnc(-c2cccc(-c3cnc(-c4cncs4)s3)n2)nc1. The van der Waals surface area contributed by atoms with E-state index < -0.39 is 0 Å². The van der Waals surface area contributed by atoms with Crippen molar-refractivity contribution in [1.82, 2.24) is 24.9 Å². The molecule has 0 aromatic carbocycles. The molecule has 0 N–H and O–H groups in total. The van der Waals surface area contributed by atoms with E-state index in [1.807, 2.05) is 36.1 Å². The van der Waals surface area contributed by atoms with Gasteiger partial charge in [0, 0.05) is 24.8 Å². The van der Waals surface area contributed by atoms with E-state index in [2.05, 4.69) is 24.9 Å². The second kappa shape index (κ2) is 5.70. The van der Waals surface area contributed by atoms with Crippen molar-refractivity contribution in [3.63, 3.8) is 0 Å². The fourth-order valence-corrected chi connectivity index (χ4v) is 3.53. The first-order chi connectivity index (χ1) is 10.9. The topological polar surface area (TPSA) is 64.5 Å². The minimum atomic E-state index is 0.622. The van der Waals surface area contributed by atoms with Crippen molar-refractivity contribution in [1.29, 1.82) is 0 Å². The Morgan fingerprint density at radius 1 is 0.818 bits per heavy atom. The number of nitrogens with zero attached hydrogens (tertiary/aromatic N) is 5. The number of pyridine rings is 1. The molecule has 0 spiro atoms. The molecule has 0 saturated carbocycles. The third-order valence-electron chi connectivity index (χ3n) is 2.95. The van der Waals surface area contributed by atoms with Gasteiger partial charge in [0.1, 0.15) is 10.7 Å². The third kappa shape index (κ3) is 2.51. The molecule has 0 radical (unpaired) electrons. The number of aromatic nitrogens is 5. The fraction of sp³-hybridized carbons (Fsp3) is 0. The van der Waals surface area contributed by atoms with E-state index in [0.717, 1.165) is 26.1 Å². The summed E-state index contributed by atoms with van der Waals surface area (Å²) in [6.45, 7) is 0. The van der Waals surface area contributed by atoms with Crippen molar-refractivity contribution in [3.8, 4) is 32.0 Å². The van der Waals surface area contributed by atoms with Crippen LogP contribution in [0.15, 0.2) is 54.6 Å². The summed E-state index contributed by atoms with van der Waals surface area (Å²) in [5, 5.41) is 0.959. The van der Waals surface area contributed by atoms with E-state index in [1.54, 1.807) is 41.1 Å². The van der Waals surface area contributed by atoms with Crippen LogP contribution in [0.5, 0.6) is 0 Å². The molecule has 0 fully saturated rings. The molecule has 4 rings (SSSR count). The van der Waals surface area contributed by atoms with Gasteiger partial charge in [-0.2, -0.15) is 0 Å². The number of hydrogen-bond acceptors (Lipinski definition) is 7. The minimum Gasteiger partial charge on any atom is -0.252 e. The Balaban J connectivity index is 1.72. The fourth-order valence-electron chi connectivity index (χ4n) is 1.96. The van der Waals surface area contributed by atoms with Crippen molar-refractivity contribution in [2.24, 2.45) is 0 Å². The molecule has 4 aromatic heterocycles. The number of rotatable bonds is 3. The molecule has 0 bridgehead atoms. The summed E-state index contributed by atoms with van der Waals surface area (Å²) in [7, 11) is 0. The van der Waals surface area contributed by atoms with E-state index >= 15 is 0 Å². The summed E-state index contributed by atoms with van der Waals surface area (Å²) in [6, 6.07) is 7.62. The van der Waals surface area contributed by atoms with Crippen molar-refractivity contribution >= 4 is 22.7 Å². The molecule has 0 saturated heterocycles. The Morgan fingerprint density at radius 3 is 2.50 bits per heavy atom.